The van der Waals surface area contributed by atoms with Crippen LogP contribution in [0.15, 0.2) is 59.9 Å². The van der Waals surface area contributed by atoms with Gasteiger partial charge in [-0.25, -0.2) is 9.53 Å². The van der Waals surface area contributed by atoms with E-state index in [9.17, 15) is 13.2 Å². The molecule has 1 N–H and O–H groups in total. The lowest BCUT2D eigenvalue weighted by Crippen LogP contribution is -2.30. The lowest BCUT2D eigenvalue weighted by molar-refractivity contribution is -0.137. The number of aromatic nitrogens is 3. The van der Waals surface area contributed by atoms with E-state index in [2.05, 4.69) is 26.3 Å². The van der Waals surface area contributed by atoms with Gasteiger partial charge in [-0.2, -0.15) is 23.4 Å². The number of anilines is 3. The molecule has 1 aliphatic rings. The van der Waals surface area contributed by atoms with Crippen molar-refractivity contribution >= 4 is 17.6 Å². The summed E-state index contributed by atoms with van der Waals surface area (Å²) in [7, 11) is 0. The van der Waals surface area contributed by atoms with Crippen LogP contribution in [0.4, 0.5) is 30.8 Å². The van der Waals surface area contributed by atoms with Gasteiger partial charge in [-0.15, -0.1) is 5.10 Å². The Morgan fingerprint density at radius 1 is 1.21 bits per heavy atom. The maximum atomic E-state index is 13.4. The smallest absolute Gasteiger partial charge is 0.353 e. The zero-order chi connectivity index (χ0) is 23.8. The Balaban J connectivity index is 1.94. The average molecular weight is 449 g/mol. The SMILES string of the molecule is [C-]#[N+]C1=C(C)N(c2cccc(C(F)(F)F)c2)c2nc(NCC)nn2[C@@H]1c1ccc(C#N)cc1. The molecule has 1 aromatic heterocycles. The first-order valence-corrected chi connectivity index (χ1v) is 10.0. The van der Waals surface area contributed by atoms with E-state index in [1.807, 2.05) is 6.92 Å². The van der Waals surface area contributed by atoms with Gasteiger partial charge in [0.2, 0.25) is 17.6 Å². The largest absolute Gasteiger partial charge is 0.416 e. The number of nitriles is 1. The maximum Gasteiger partial charge on any atom is 0.416 e. The van der Waals surface area contributed by atoms with E-state index in [-0.39, 0.29) is 17.3 Å². The van der Waals surface area contributed by atoms with E-state index >= 15 is 0 Å². The summed E-state index contributed by atoms with van der Waals surface area (Å²) in [6.45, 7) is 11.9. The Morgan fingerprint density at radius 2 is 1.94 bits per heavy atom. The van der Waals surface area contributed by atoms with E-state index in [0.29, 0.717) is 29.3 Å². The minimum atomic E-state index is -4.51. The van der Waals surface area contributed by atoms with Crippen molar-refractivity contribution < 1.29 is 13.2 Å². The third-order valence-electron chi connectivity index (χ3n) is 5.27. The van der Waals surface area contributed by atoms with Gasteiger partial charge in [0.1, 0.15) is 6.04 Å². The number of hydrogen-bond donors (Lipinski definition) is 1. The van der Waals surface area contributed by atoms with Crippen LogP contribution in [0.5, 0.6) is 0 Å². The van der Waals surface area contributed by atoms with Gasteiger partial charge in [0.15, 0.2) is 0 Å². The highest BCUT2D eigenvalue weighted by molar-refractivity contribution is 5.68. The lowest BCUT2D eigenvalue weighted by atomic mass is 9.99. The fourth-order valence-electron chi connectivity index (χ4n) is 3.76. The van der Waals surface area contributed by atoms with Gasteiger partial charge in [-0.3, -0.25) is 4.90 Å². The predicted molar refractivity (Wildman–Crippen MR) is 116 cm³/mol. The Labute approximate surface area is 188 Å². The predicted octanol–water partition coefficient (Wildman–Crippen LogP) is 5.49. The van der Waals surface area contributed by atoms with Crippen LogP contribution in [0.1, 0.15) is 36.6 Å². The highest BCUT2D eigenvalue weighted by Gasteiger charge is 2.37. The molecule has 0 unspecified atom stereocenters. The summed E-state index contributed by atoms with van der Waals surface area (Å²) in [5.74, 6) is 0.576. The molecule has 10 heteroatoms. The number of nitrogens with zero attached hydrogens (tertiary/aromatic N) is 6. The quantitative estimate of drug-likeness (QED) is 0.533. The monoisotopic (exact) mass is 449 g/mol. The van der Waals surface area contributed by atoms with E-state index in [1.165, 1.54) is 21.7 Å². The Morgan fingerprint density at radius 3 is 2.55 bits per heavy atom. The molecule has 0 spiro atoms. The normalized spacial score (nSPS) is 15.6. The fraction of sp³-hybridized carbons (Fsp3) is 0.217. The van der Waals surface area contributed by atoms with Crippen LogP contribution in [0.2, 0.25) is 0 Å². The van der Waals surface area contributed by atoms with E-state index in [0.717, 1.165) is 12.1 Å². The van der Waals surface area contributed by atoms with Gasteiger partial charge < -0.3 is 5.32 Å². The van der Waals surface area contributed by atoms with Gasteiger partial charge in [-0.1, -0.05) is 18.2 Å². The first-order valence-electron chi connectivity index (χ1n) is 10.0. The van der Waals surface area contributed by atoms with Crippen molar-refractivity contribution in [2.45, 2.75) is 26.1 Å². The summed E-state index contributed by atoms with van der Waals surface area (Å²) in [4.78, 5) is 9.75. The second kappa shape index (κ2) is 8.32. The lowest BCUT2D eigenvalue weighted by Gasteiger charge is -2.34. The minimum Gasteiger partial charge on any atom is -0.353 e. The molecule has 0 saturated heterocycles. The van der Waals surface area contributed by atoms with Crippen LogP contribution < -0.4 is 10.2 Å². The molecule has 0 radical (unpaired) electrons. The number of fused-ring (bicyclic) bond motifs is 1. The zero-order valence-corrected chi connectivity index (χ0v) is 17.7. The molecule has 0 fully saturated rings. The molecule has 7 nitrogen and oxygen atoms in total. The van der Waals surface area contributed by atoms with E-state index in [4.69, 9.17) is 11.8 Å². The van der Waals surface area contributed by atoms with Crippen LogP contribution in [-0.4, -0.2) is 21.3 Å². The zero-order valence-electron chi connectivity index (χ0n) is 17.7. The van der Waals surface area contributed by atoms with Crippen LogP contribution in [-0.2, 0) is 6.18 Å². The fourth-order valence-corrected chi connectivity index (χ4v) is 3.76. The summed E-state index contributed by atoms with van der Waals surface area (Å²) in [6, 6.07) is 13.1. The van der Waals surface area contributed by atoms with Crippen LogP contribution in [0, 0.1) is 17.9 Å². The van der Waals surface area contributed by atoms with Crippen LogP contribution in [0.25, 0.3) is 4.85 Å². The second-order valence-electron chi connectivity index (χ2n) is 7.31. The number of halogens is 3. The van der Waals surface area contributed by atoms with Crippen LogP contribution in [0.3, 0.4) is 0 Å². The number of alkyl halides is 3. The third kappa shape index (κ3) is 3.87. The van der Waals surface area contributed by atoms with E-state index < -0.39 is 17.8 Å². The van der Waals surface area contributed by atoms with Gasteiger partial charge in [-0.05, 0) is 49.7 Å². The Bertz CT molecular complexity index is 1310. The molecule has 0 amide bonds. The third-order valence-corrected chi connectivity index (χ3v) is 5.27. The van der Waals surface area contributed by atoms with Gasteiger partial charge in [0, 0.05) is 17.9 Å². The molecule has 1 atom stereocenters. The molecule has 0 bridgehead atoms. The molecule has 33 heavy (non-hydrogen) atoms. The average Bonchev–Trinajstić information content (AvgIpc) is 3.21. The number of hydrogen-bond acceptors (Lipinski definition) is 5. The molecule has 0 saturated carbocycles. The van der Waals surface area contributed by atoms with E-state index in [1.54, 1.807) is 31.2 Å². The number of benzene rings is 2. The van der Waals surface area contributed by atoms with Crippen molar-refractivity contribution in [3.8, 4) is 6.07 Å². The van der Waals surface area contributed by atoms with Crippen molar-refractivity contribution in [1.29, 1.82) is 5.26 Å². The summed E-state index contributed by atoms with van der Waals surface area (Å²) in [6.07, 6.45) is -4.51. The molecule has 2 aromatic carbocycles. The molecule has 2 heterocycles. The van der Waals surface area contributed by atoms with Crippen molar-refractivity contribution in [2.24, 2.45) is 0 Å². The molecular formula is C23H18F3N7. The number of nitrogens with one attached hydrogen (secondary N) is 1. The minimum absolute atomic E-state index is 0.221. The molecule has 4 rings (SSSR count). The molecule has 166 valence electrons. The van der Waals surface area contributed by atoms with Crippen LogP contribution >= 0.6 is 0 Å². The Kier molecular flexibility index (Phi) is 5.52. The summed E-state index contributed by atoms with van der Waals surface area (Å²) in [5, 5.41) is 16.6. The van der Waals surface area contributed by atoms with Gasteiger partial charge in [0.25, 0.3) is 0 Å². The topological polar surface area (TPSA) is 74.1 Å². The van der Waals surface area contributed by atoms with Crippen molar-refractivity contribution in [1.82, 2.24) is 14.8 Å². The summed E-state index contributed by atoms with van der Waals surface area (Å²) < 4.78 is 41.7. The van der Waals surface area contributed by atoms with Crippen molar-refractivity contribution in [2.75, 3.05) is 16.8 Å². The maximum absolute atomic E-state index is 13.4. The highest BCUT2D eigenvalue weighted by Crippen LogP contribution is 2.44. The molecule has 0 aliphatic carbocycles. The van der Waals surface area contributed by atoms with Crippen molar-refractivity contribution in [3.63, 3.8) is 0 Å². The first kappa shape index (κ1) is 21.9. The second-order valence-corrected chi connectivity index (χ2v) is 7.31. The summed E-state index contributed by atoms with van der Waals surface area (Å²) >= 11 is 0. The van der Waals surface area contributed by atoms with Gasteiger partial charge >= 0.3 is 6.18 Å². The molecule has 1 aliphatic heterocycles. The number of rotatable bonds is 4. The standard InChI is InChI=1S/C23H18F3N7/c1-4-29-21-30-22-32(18-7-5-6-17(12-18)23(24,25)26)14(2)19(28-3)20(33(22)31-21)16-10-8-15(13-27)9-11-16/h5-12,20H,4H2,1-2H3,(H,29,31)/t20-/m1/s1. The van der Waals surface area contributed by atoms with Crippen molar-refractivity contribution in [3.05, 3.63) is 88.0 Å². The number of allylic oxidation sites excluding steroid dienone is 2. The first-order chi connectivity index (χ1) is 15.8. The Hall–Kier alpha value is -4.31. The summed E-state index contributed by atoms with van der Waals surface area (Å²) in [5.41, 5.74) is 1.33. The molecule has 3 aromatic rings. The van der Waals surface area contributed by atoms with Gasteiger partial charge in [0.05, 0.1) is 23.8 Å². The highest BCUT2D eigenvalue weighted by atomic mass is 19.4. The molecular weight excluding hydrogens is 431 g/mol.